The molecule has 1 fully saturated rings. The van der Waals surface area contributed by atoms with E-state index < -0.39 is 10.0 Å². The summed E-state index contributed by atoms with van der Waals surface area (Å²) in [6.45, 7) is 7.53. The molecule has 0 bridgehead atoms. The van der Waals surface area contributed by atoms with Crippen LogP contribution >= 0.6 is 0 Å². The van der Waals surface area contributed by atoms with E-state index in [2.05, 4.69) is 10.0 Å². The summed E-state index contributed by atoms with van der Waals surface area (Å²) in [4.78, 5) is 0. The van der Waals surface area contributed by atoms with Gasteiger partial charge in [-0.15, -0.1) is 0 Å². The third-order valence-corrected chi connectivity index (χ3v) is 5.84. The van der Waals surface area contributed by atoms with E-state index in [4.69, 9.17) is 0 Å². The van der Waals surface area contributed by atoms with Crippen LogP contribution in [0.1, 0.15) is 46.5 Å². The second-order valence-corrected chi connectivity index (χ2v) is 6.56. The van der Waals surface area contributed by atoms with Crippen LogP contribution in [0.5, 0.6) is 0 Å². The zero-order valence-electron chi connectivity index (χ0n) is 10.5. The summed E-state index contributed by atoms with van der Waals surface area (Å²) in [5.41, 5.74) is -0.249. The molecule has 0 aliphatic carbocycles. The second kappa shape index (κ2) is 5.47. The van der Waals surface area contributed by atoms with E-state index in [1.165, 1.54) is 0 Å². The quantitative estimate of drug-likeness (QED) is 0.743. The first-order valence-electron chi connectivity index (χ1n) is 6.23. The van der Waals surface area contributed by atoms with Gasteiger partial charge in [0.25, 0.3) is 0 Å². The van der Waals surface area contributed by atoms with E-state index in [0.29, 0.717) is 6.54 Å². The van der Waals surface area contributed by atoms with E-state index in [9.17, 15) is 8.42 Å². The Morgan fingerprint density at radius 3 is 2.19 bits per heavy atom. The molecule has 2 N–H and O–H groups in total. The zero-order valence-corrected chi connectivity index (χ0v) is 11.4. The molecule has 0 aromatic heterocycles. The normalized spacial score (nSPS) is 22.6. The van der Waals surface area contributed by atoms with Gasteiger partial charge >= 0.3 is 0 Å². The van der Waals surface area contributed by atoms with Crippen LogP contribution in [0, 0.1) is 0 Å². The van der Waals surface area contributed by atoms with Gasteiger partial charge in [0.05, 0.1) is 5.25 Å². The Kier molecular flexibility index (Phi) is 4.76. The predicted molar refractivity (Wildman–Crippen MR) is 66.9 cm³/mol. The molecule has 0 aromatic rings. The van der Waals surface area contributed by atoms with Crippen LogP contribution < -0.4 is 10.0 Å². The SMILES string of the molecule is CCC(CC)(CC)NS(=O)(=O)C1CCNC1. The Balaban J connectivity index is 2.76. The van der Waals surface area contributed by atoms with Crippen molar-refractivity contribution in [2.45, 2.75) is 57.2 Å². The Hall–Kier alpha value is -0.130. The monoisotopic (exact) mass is 248 g/mol. The van der Waals surface area contributed by atoms with Gasteiger partial charge in [0.1, 0.15) is 0 Å². The smallest absolute Gasteiger partial charge is 0.216 e. The molecule has 1 unspecified atom stereocenters. The molecule has 1 atom stereocenters. The Bertz CT molecular complexity index is 296. The van der Waals surface area contributed by atoms with Crippen LogP contribution in [0.3, 0.4) is 0 Å². The number of hydrogen-bond acceptors (Lipinski definition) is 3. The number of nitrogens with one attached hydrogen (secondary N) is 2. The molecule has 96 valence electrons. The average Bonchev–Trinajstić information content (AvgIpc) is 2.80. The fourth-order valence-electron chi connectivity index (χ4n) is 2.24. The van der Waals surface area contributed by atoms with E-state index in [1.807, 2.05) is 20.8 Å². The van der Waals surface area contributed by atoms with E-state index in [-0.39, 0.29) is 10.8 Å². The highest BCUT2D eigenvalue weighted by molar-refractivity contribution is 7.90. The van der Waals surface area contributed by atoms with Gasteiger partial charge in [0.2, 0.25) is 10.0 Å². The molecule has 0 spiro atoms. The minimum atomic E-state index is -3.17. The van der Waals surface area contributed by atoms with Gasteiger partial charge in [-0.2, -0.15) is 0 Å². The van der Waals surface area contributed by atoms with Gasteiger partial charge in [-0.1, -0.05) is 20.8 Å². The molecule has 1 aliphatic rings. The molecule has 4 nitrogen and oxygen atoms in total. The van der Waals surface area contributed by atoms with E-state index in [0.717, 1.165) is 32.2 Å². The summed E-state index contributed by atoms with van der Waals surface area (Å²) >= 11 is 0. The summed E-state index contributed by atoms with van der Waals surface area (Å²) in [7, 11) is -3.17. The third-order valence-electron chi connectivity index (χ3n) is 3.84. The summed E-state index contributed by atoms with van der Waals surface area (Å²) in [6.07, 6.45) is 3.26. The van der Waals surface area contributed by atoms with Crippen molar-refractivity contribution in [2.75, 3.05) is 13.1 Å². The lowest BCUT2D eigenvalue weighted by Crippen LogP contribution is -2.50. The van der Waals surface area contributed by atoms with Gasteiger partial charge in [-0.25, -0.2) is 13.1 Å². The largest absolute Gasteiger partial charge is 0.315 e. The number of rotatable bonds is 6. The summed E-state index contributed by atoms with van der Waals surface area (Å²) in [5, 5.41) is 2.85. The van der Waals surface area contributed by atoms with Crippen molar-refractivity contribution in [1.82, 2.24) is 10.0 Å². The molecular weight excluding hydrogens is 224 g/mol. The molecule has 16 heavy (non-hydrogen) atoms. The van der Waals surface area contributed by atoms with E-state index >= 15 is 0 Å². The summed E-state index contributed by atoms with van der Waals surface area (Å²) in [5.74, 6) is 0. The van der Waals surface area contributed by atoms with Gasteiger partial charge in [-0.3, -0.25) is 0 Å². The lowest BCUT2D eigenvalue weighted by molar-refractivity contribution is 0.340. The lowest BCUT2D eigenvalue weighted by Gasteiger charge is -2.32. The van der Waals surface area contributed by atoms with Crippen LogP contribution in [0.4, 0.5) is 0 Å². The summed E-state index contributed by atoms with van der Waals surface area (Å²) in [6, 6.07) is 0. The predicted octanol–water partition coefficient (Wildman–Crippen LogP) is 1.24. The van der Waals surface area contributed by atoms with Crippen LogP contribution in [-0.4, -0.2) is 32.3 Å². The van der Waals surface area contributed by atoms with Crippen molar-refractivity contribution in [3.05, 3.63) is 0 Å². The zero-order chi connectivity index (χ0) is 12.2. The van der Waals surface area contributed by atoms with Crippen molar-refractivity contribution in [1.29, 1.82) is 0 Å². The Labute approximate surface area is 99.2 Å². The summed E-state index contributed by atoms with van der Waals surface area (Å²) < 4.78 is 27.3. The fraction of sp³-hybridized carbons (Fsp3) is 1.00. The molecule has 0 aromatic carbocycles. The highest BCUT2D eigenvalue weighted by Crippen LogP contribution is 2.22. The van der Waals surface area contributed by atoms with Crippen LogP contribution in [0.15, 0.2) is 0 Å². The van der Waals surface area contributed by atoms with E-state index in [1.54, 1.807) is 0 Å². The third kappa shape index (κ3) is 2.96. The first-order valence-corrected chi connectivity index (χ1v) is 7.78. The first-order chi connectivity index (χ1) is 7.49. The molecule has 1 aliphatic heterocycles. The number of hydrogen-bond donors (Lipinski definition) is 2. The van der Waals surface area contributed by atoms with Crippen molar-refractivity contribution >= 4 is 10.0 Å². The topological polar surface area (TPSA) is 58.2 Å². The van der Waals surface area contributed by atoms with Crippen molar-refractivity contribution in [3.63, 3.8) is 0 Å². The Morgan fingerprint density at radius 1 is 1.25 bits per heavy atom. The van der Waals surface area contributed by atoms with Crippen LogP contribution in [0.2, 0.25) is 0 Å². The number of sulfonamides is 1. The molecule has 1 heterocycles. The lowest BCUT2D eigenvalue weighted by atomic mass is 9.91. The molecule has 5 heteroatoms. The van der Waals surface area contributed by atoms with Crippen LogP contribution in [-0.2, 0) is 10.0 Å². The molecule has 1 rings (SSSR count). The maximum absolute atomic E-state index is 12.2. The van der Waals surface area contributed by atoms with Gasteiger partial charge in [0, 0.05) is 12.1 Å². The maximum atomic E-state index is 12.2. The molecule has 0 radical (unpaired) electrons. The minimum Gasteiger partial charge on any atom is -0.315 e. The van der Waals surface area contributed by atoms with Crippen molar-refractivity contribution in [3.8, 4) is 0 Å². The maximum Gasteiger partial charge on any atom is 0.216 e. The molecular formula is C11H24N2O2S. The Morgan fingerprint density at radius 2 is 1.81 bits per heavy atom. The molecule has 0 amide bonds. The van der Waals surface area contributed by atoms with Gasteiger partial charge in [0.15, 0.2) is 0 Å². The van der Waals surface area contributed by atoms with Gasteiger partial charge < -0.3 is 5.32 Å². The first kappa shape index (κ1) is 13.9. The highest BCUT2D eigenvalue weighted by atomic mass is 32.2. The molecule has 1 saturated heterocycles. The van der Waals surface area contributed by atoms with Crippen LogP contribution in [0.25, 0.3) is 0 Å². The standard InChI is InChI=1S/C11H24N2O2S/c1-4-11(5-2,6-3)13-16(14,15)10-7-8-12-9-10/h10,12-13H,4-9H2,1-3H3. The highest BCUT2D eigenvalue weighted by Gasteiger charge is 2.35. The molecule has 0 saturated carbocycles. The second-order valence-electron chi connectivity index (χ2n) is 4.60. The van der Waals surface area contributed by atoms with Crippen molar-refractivity contribution in [2.24, 2.45) is 0 Å². The fourth-order valence-corrected chi connectivity index (χ4v) is 4.21. The van der Waals surface area contributed by atoms with Gasteiger partial charge in [-0.05, 0) is 32.2 Å². The minimum absolute atomic E-state index is 0.249. The van der Waals surface area contributed by atoms with Crippen molar-refractivity contribution < 1.29 is 8.42 Å². The average molecular weight is 248 g/mol.